The van der Waals surface area contributed by atoms with Crippen molar-refractivity contribution >= 4 is 33.2 Å². The average Bonchev–Trinajstić information content (AvgIpc) is 2.77. The van der Waals surface area contributed by atoms with Gasteiger partial charge in [0.1, 0.15) is 5.41 Å². The molecule has 15 heavy (non-hydrogen) atoms. The van der Waals surface area contributed by atoms with Crippen molar-refractivity contribution in [1.82, 2.24) is 0 Å². The van der Waals surface area contributed by atoms with Crippen LogP contribution >= 0.6 is 27.3 Å². The van der Waals surface area contributed by atoms with Gasteiger partial charge in [-0.15, -0.1) is 11.3 Å². The maximum absolute atomic E-state index is 11.5. The van der Waals surface area contributed by atoms with Crippen LogP contribution in [0, 0.1) is 6.92 Å². The second-order valence-electron chi connectivity index (χ2n) is 4.16. The van der Waals surface area contributed by atoms with Crippen LogP contribution in [0.3, 0.4) is 0 Å². The molecule has 1 aliphatic rings. The molecule has 0 aromatic carbocycles. The monoisotopic (exact) mass is 288 g/mol. The van der Waals surface area contributed by atoms with Crippen molar-refractivity contribution in [3.8, 4) is 0 Å². The molecule has 1 aromatic rings. The molecule has 1 saturated carbocycles. The van der Waals surface area contributed by atoms with Gasteiger partial charge >= 0.3 is 5.97 Å². The number of aryl methyl sites for hydroxylation is 1. The van der Waals surface area contributed by atoms with E-state index in [1.54, 1.807) is 11.3 Å². The highest BCUT2D eigenvalue weighted by Crippen LogP contribution is 2.47. The van der Waals surface area contributed by atoms with E-state index in [0.29, 0.717) is 0 Å². The Labute approximate surface area is 101 Å². The topological polar surface area (TPSA) is 37.3 Å². The molecule has 0 aliphatic heterocycles. The minimum absolute atomic E-state index is 0.613. The summed E-state index contributed by atoms with van der Waals surface area (Å²) in [5.41, 5.74) is 0.528. The lowest BCUT2D eigenvalue weighted by Gasteiger charge is -2.23. The summed E-state index contributed by atoms with van der Waals surface area (Å²) in [6.45, 7) is 2.01. The highest BCUT2D eigenvalue weighted by atomic mass is 79.9. The number of carboxylic acids is 1. The van der Waals surface area contributed by atoms with Gasteiger partial charge in [0, 0.05) is 9.35 Å². The Morgan fingerprint density at radius 1 is 1.53 bits per heavy atom. The molecule has 2 nitrogen and oxygen atoms in total. The van der Waals surface area contributed by atoms with Gasteiger partial charge in [-0.1, -0.05) is 12.8 Å². The van der Waals surface area contributed by atoms with Crippen molar-refractivity contribution in [3.05, 3.63) is 20.3 Å². The summed E-state index contributed by atoms with van der Waals surface area (Å²) in [5.74, 6) is -0.664. The van der Waals surface area contributed by atoms with Crippen LogP contribution in [0.15, 0.2) is 9.85 Å². The van der Waals surface area contributed by atoms with Crippen LogP contribution in [0.25, 0.3) is 0 Å². The minimum atomic E-state index is -0.664. The Morgan fingerprint density at radius 3 is 2.53 bits per heavy atom. The fourth-order valence-electron chi connectivity index (χ4n) is 2.27. The highest BCUT2D eigenvalue weighted by Gasteiger charge is 2.45. The van der Waals surface area contributed by atoms with Crippen molar-refractivity contribution < 1.29 is 9.90 Å². The van der Waals surface area contributed by atoms with Crippen LogP contribution in [0.4, 0.5) is 0 Å². The van der Waals surface area contributed by atoms with E-state index in [0.717, 1.165) is 40.6 Å². The Balaban J connectivity index is 2.50. The molecule has 0 amide bonds. The van der Waals surface area contributed by atoms with Crippen LogP contribution < -0.4 is 0 Å². The van der Waals surface area contributed by atoms with Gasteiger partial charge in [0.25, 0.3) is 0 Å². The summed E-state index contributed by atoms with van der Waals surface area (Å²) in [5, 5.41) is 11.5. The molecular formula is C11H13BrO2S. The lowest BCUT2D eigenvalue weighted by molar-refractivity contribution is -0.143. The number of thiophene rings is 1. The summed E-state index contributed by atoms with van der Waals surface area (Å²) in [6, 6.07) is 0. The first-order chi connectivity index (χ1) is 7.08. The second-order valence-corrected chi connectivity index (χ2v) is 5.83. The fourth-order valence-corrected chi connectivity index (χ4v) is 4.39. The van der Waals surface area contributed by atoms with Crippen molar-refractivity contribution in [1.29, 1.82) is 0 Å². The summed E-state index contributed by atoms with van der Waals surface area (Å²) in [6.07, 6.45) is 3.60. The number of hydrogen-bond acceptors (Lipinski definition) is 2. The van der Waals surface area contributed by atoms with Gasteiger partial charge in [-0.25, -0.2) is 0 Å². The zero-order valence-electron chi connectivity index (χ0n) is 8.55. The van der Waals surface area contributed by atoms with Gasteiger partial charge in [0.15, 0.2) is 0 Å². The van der Waals surface area contributed by atoms with Gasteiger partial charge < -0.3 is 5.11 Å². The van der Waals surface area contributed by atoms with Crippen molar-refractivity contribution in [3.63, 3.8) is 0 Å². The molecule has 1 heterocycles. The van der Waals surface area contributed by atoms with Crippen LogP contribution in [0.5, 0.6) is 0 Å². The van der Waals surface area contributed by atoms with E-state index in [1.807, 2.05) is 12.3 Å². The first-order valence-electron chi connectivity index (χ1n) is 5.05. The molecule has 1 aliphatic carbocycles. The van der Waals surface area contributed by atoms with Gasteiger partial charge in [0.2, 0.25) is 0 Å². The standard InChI is InChI=1S/C11H13BrO2S/c1-7-6-15-9(8(7)12)11(10(13)14)4-2-3-5-11/h6H,2-5H2,1H3,(H,13,14). The molecule has 4 heteroatoms. The Morgan fingerprint density at radius 2 is 2.13 bits per heavy atom. The zero-order valence-corrected chi connectivity index (χ0v) is 10.9. The van der Waals surface area contributed by atoms with E-state index in [4.69, 9.17) is 0 Å². The molecule has 0 atom stereocenters. The first-order valence-corrected chi connectivity index (χ1v) is 6.72. The molecule has 1 N–H and O–H groups in total. The molecule has 1 fully saturated rings. The lowest BCUT2D eigenvalue weighted by Crippen LogP contribution is -2.31. The van der Waals surface area contributed by atoms with E-state index < -0.39 is 11.4 Å². The van der Waals surface area contributed by atoms with Crippen LogP contribution in [0.2, 0.25) is 0 Å². The maximum atomic E-state index is 11.5. The van der Waals surface area contributed by atoms with Crippen molar-refractivity contribution in [2.45, 2.75) is 38.0 Å². The molecule has 0 spiro atoms. The van der Waals surface area contributed by atoms with Crippen LogP contribution in [-0.2, 0) is 10.2 Å². The normalized spacial score (nSPS) is 19.3. The predicted molar refractivity (Wildman–Crippen MR) is 64.5 cm³/mol. The third-order valence-electron chi connectivity index (χ3n) is 3.20. The summed E-state index contributed by atoms with van der Waals surface area (Å²) >= 11 is 5.08. The molecule has 2 rings (SSSR count). The van der Waals surface area contributed by atoms with Gasteiger partial charge in [-0.3, -0.25) is 4.79 Å². The quantitative estimate of drug-likeness (QED) is 0.901. The van der Waals surface area contributed by atoms with Crippen molar-refractivity contribution in [2.75, 3.05) is 0 Å². The van der Waals surface area contributed by atoms with E-state index in [2.05, 4.69) is 15.9 Å². The summed E-state index contributed by atoms with van der Waals surface area (Å²) in [7, 11) is 0. The number of hydrogen-bond donors (Lipinski definition) is 1. The molecule has 0 radical (unpaired) electrons. The molecule has 0 unspecified atom stereocenters. The third kappa shape index (κ3) is 1.64. The number of halogens is 1. The fraction of sp³-hybridized carbons (Fsp3) is 0.545. The maximum Gasteiger partial charge on any atom is 0.315 e. The number of rotatable bonds is 2. The highest BCUT2D eigenvalue weighted by molar-refractivity contribution is 9.10. The van der Waals surface area contributed by atoms with Gasteiger partial charge in [-0.2, -0.15) is 0 Å². The molecule has 0 bridgehead atoms. The molecule has 0 saturated heterocycles. The van der Waals surface area contributed by atoms with E-state index in [1.165, 1.54) is 0 Å². The Hall–Kier alpha value is -0.350. The van der Waals surface area contributed by atoms with Crippen LogP contribution in [-0.4, -0.2) is 11.1 Å². The number of carbonyl (C=O) groups is 1. The summed E-state index contributed by atoms with van der Waals surface area (Å²) in [4.78, 5) is 12.5. The smallest absolute Gasteiger partial charge is 0.315 e. The van der Waals surface area contributed by atoms with E-state index >= 15 is 0 Å². The SMILES string of the molecule is Cc1csc(C2(C(=O)O)CCCC2)c1Br. The molecular weight excluding hydrogens is 276 g/mol. The average molecular weight is 289 g/mol. The van der Waals surface area contributed by atoms with Gasteiger partial charge in [-0.05, 0) is 46.6 Å². The minimum Gasteiger partial charge on any atom is -0.481 e. The predicted octanol–water partition coefficient (Wildman–Crippen LogP) is 3.72. The lowest BCUT2D eigenvalue weighted by atomic mass is 9.84. The molecule has 82 valence electrons. The van der Waals surface area contributed by atoms with E-state index in [9.17, 15) is 9.90 Å². The Bertz CT molecular complexity index is 391. The largest absolute Gasteiger partial charge is 0.481 e. The summed E-state index contributed by atoms with van der Waals surface area (Å²) < 4.78 is 0.997. The Kier molecular flexibility index (Phi) is 2.90. The zero-order chi connectivity index (χ0) is 11.1. The number of aliphatic carboxylic acids is 1. The number of carboxylic acid groups (broad SMARTS) is 1. The third-order valence-corrected chi connectivity index (χ3v) is 5.79. The van der Waals surface area contributed by atoms with Gasteiger partial charge in [0.05, 0.1) is 0 Å². The second kappa shape index (κ2) is 3.91. The van der Waals surface area contributed by atoms with Crippen molar-refractivity contribution in [2.24, 2.45) is 0 Å². The van der Waals surface area contributed by atoms with Crippen LogP contribution in [0.1, 0.15) is 36.1 Å². The molecule has 1 aromatic heterocycles. The van der Waals surface area contributed by atoms with E-state index in [-0.39, 0.29) is 0 Å². The first kappa shape index (κ1) is 11.1.